The fourth-order valence-corrected chi connectivity index (χ4v) is 8.59. The molecule has 378 valence electrons. The predicted octanol–water partition coefficient (Wildman–Crippen LogP) is 11.4. The van der Waals surface area contributed by atoms with Crippen molar-refractivity contribution in [1.82, 2.24) is 0 Å². The molecule has 12 nitrogen and oxygen atoms in total. The zero-order valence-electron chi connectivity index (χ0n) is 40.5. The van der Waals surface area contributed by atoms with Crippen LogP contribution in [0.5, 0.6) is 0 Å². The molecule has 0 saturated heterocycles. The highest BCUT2D eigenvalue weighted by Gasteiger charge is 2.51. The van der Waals surface area contributed by atoms with Gasteiger partial charge in [0, 0.05) is 13.0 Å². The van der Waals surface area contributed by atoms with Gasteiger partial charge in [-0.15, -0.1) is 0 Å². The van der Waals surface area contributed by atoms with Gasteiger partial charge in [0.05, 0.1) is 13.2 Å². The molecule has 0 aromatic carbocycles. The highest BCUT2D eigenvalue weighted by Crippen LogP contribution is 2.47. The molecule has 1 saturated carbocycles. The van der Waals surface area contributed by atoms with Crippen LogP contribution in [0.15, 0.2) is 60.8 Å². The Morgan fingerprint density at radius 2 is 0.908 bits per heavy atom. The number of unbranched alkanes of at least 4 members (excludes halogenated alkanes) is 21. The molecule has 0 spiro atoms. The SMILES string of the molecule is CC/C=C\C/C=C\C/C=C\C/C=C\C/C=C\CCCCCCCC(=O)OC(COCCCCCCCCCCCCCCCCCCC)COP(=O)(O)OC1C(O)C(O)C(O)C(O)C1O. The number of rotatable bonds is 43. The third kappa shape index (κ3) is 34.1. The van der Waals surface area contributed by atoms with Gasteiger partial charge >= 0.3 is 13.8 Å². The summed E-state index contributed by atoms with van der Waals surface area (Å²) in [6.45, 7) is 4.15. The first-order valence-electron chi connectivity index (χ1n) is 25.6. The fourth-order valence-electron chi connectivity index (χ4n) is 7.62. The maximum atomic E-state index is 12.9. The Bertz CT molecular complexity index is 1300. The minimum atomic E-state index is -5.03. The lowest BCUT2D eigenvalue weighted by molar-refractivity contribution is -0.220. The molecule has 1 fully saturated rings. The number of ether oxygens (including phenoxy) is 2. The van der Waals surface area contributed by atoms with Crippen molar-refractivity contribution in [3.8, 4) is 0 Å². The Morgan fingerprint density at radius 1 is 0.508 bits per heavy atom. The Hall–Kier alpha value is -1.96. The third-order valence-electron chi connectivity index (χ3n) is 11.7. The van der Waals surface area contributed by atoms with Crippen LogP contribution in [-0.2, 0) is 27.9 Å². The average molecular weight is 941 g/mol. The van der Waals surface area contributed by atoms with E-state index >= 15 is 0 Å². The van der Waals surface area contributed by atoms with Crippen LogP contribution >= 0.6 is 7.82 Å². The number of hydrogen-bond donors (Lipinski definition) is 6. The monoisotopic (exact) mass is 941 g/mol. The molecule has 1 rings (SSSR count). The summed E-state index contributed by atoms with van der Waals surface area (Å²) in [5.74, 6) is -0.495. The normalized spacial score (nSPS) is 22.0. The van der Waals surface area contributed by atoms with Gasteiger partial charge in [0.15, 0.2) is 0 Å². The summed E-state index contributed by atoms with van der Waals surface area (Å²) in [7, 11) is -5.03. The Kier molecular flexibility index (Phi) is 39.6. The largest absolute Gasteiger partial charge is 0.472 e. The molecule has 6 N–H and O–H groups in total. The van der Waals surface area contributed by atoms with Crippen molar-refractivity contribution in [1.29, 1.82) is 0 Å². The molecule has 13 heteroatoms. The third-order valence-corrected chi connectivity index (χ3v) is 12.6. The van der Waals surface area contributed by atoms with Crippen LogP contribution in [-0.4, -0.2) is 98.9 Å². The molecule has 0 bridgehead atoms. The number of hydrogen-bond acceptors (Lipinski definition) is 11. The summed E-state index contributed by atoms with van der Waals surface area (Å²) in [6.07, 6.45) is 41.4. The van der Waals surface area contributed by atoms with E-state index in [0.29, 0.717) is 13.0 Å². The molecule has 6 atom stereocenters. The predicted molar refractivity (Wildman–Crippen MR) is 262 cm³/mol. The average Bonchev–Trinajstić information content (AvgIpc) is 3.29. The molecule has 1 aliphatic rings. The molecule has 65 heavy (non-hydrogen) atoms. The van der Waals surface area contributed by atoms with Gasteiger partial charge in [-0.1, -0.05) is 197 Å². The molecule has 0 aliphatic heterocycles. The Morgan fingerprint density at radius 3 is 1.38 bits per heavy atom. The van der Waals surface area contributed by atoms with Crippen molar-refractivity contribution >= 4 is 13.8 Å². The lowest BCUT2D eigenvalue weighted by Crippen LogP contribution is -2.64. The van der Waals surface area contributed by atoms with Gasteiger partial charge in [0.2, 0.25) is 0 Å². The van der Waals surface area contributed by atoms with Crippen molar-refractivity contribution in [3.63, 3.8) is 0 Å². The van der Waals surface area contributed by atoms with E-state index in [1.165, 1.54) is 89.9 Å². The highest BCUT2D eigenvalue weighted by atomic mass is 31.2. The van der Waals surface area contributed by atoms with E-state index in [4.69, 9.17) is 18.5 Å². The number of carbonyl (C=O) groups is 1. The van der Waals surface area contributed by atoms with Crippen molar-refractivity contribution in [2.75, 3.05) is 19.8 Å². The van der Waals surface area contributed by atoms with E-state index in [1.54, 1.807) is 0 Å². The second-order valence-electron chi connectivity index (χ2n) is 17.6. The molecular weight excluding hydrogens is 848 g/mol. The van der Waals surface area contributed by atoms with Crippen LogP contribution in [0.25, 0.3) is 0 Å². The molecular formula is C52H93O12P. The van der Waals surface area contributed by atoms with Crippen LogP contribution in [0.3, 0.4) is 0 Å². The van der Waals surface area contributed by atoms with Crippen LogP contribution in [0.4, 0.5) is 0 Å². The first kappa shape index (κ1) is 61.1. The summed E-state index contributed by atoms with van der Waals surface area (Å²) in [5, 5.41) is 50.3. The van der Waals surface area contributed by atoms with Crippen molar-refractivity contribution < 1.29 is 58.3 Å². The van der Waals surface area contributed by atoms with Crippen molar-refractivity contribution in [3.05, 3.63) is 60.8 Å². The number of allylic oxidation sites excluding steroid dienone is 10. The lowest BCUT2D eigenvalue weighted by Gasteiger charge is -2.41. The van der Waals surface area contributed by atoms with E-state index < -0.39 is 63.1 Å². The van der Waals surface area contributed by atoms with Gasteiger partial charge in [-0.05, 0) is 57.8 Å². The van der Waals surface area contributed by atoms with Gasteiger partial charge in [-0.25, -0.2) is 4.57 Å². The maximum absolute atomic E-state index is 12.9. The second kappa shape index (κ2) is 42.2. The zero-order chi connectivity index (χ0) is 47.6. The summed E-state index contributed by atoms with van der Waals surface area (Å²) in [5.41, 5.74) is 0. The zero-order valence-corrected chi connectivity index (χ0v) is 41.4. The number of phosphoric ester groups is 1. The highest BCUT2D eigenvalue weighted by molar-refractivity contribution is 7.47. The molecule has 1 aliphatic carbocycles. The lowest BCUT2D eigenvalue weighted by atomic mass is 9.85. The Labute approximate surface area is 394 Å². The van der Waals surface area contributed by atoms with E-state index in [1.807, 2.05) is 0 Å². The second-order valence-corrected chi connectivity index (χ2v) is 19.1. The van der Waals surface area contributed by atoms with Gasteiger partial charge in [0.1, 0.15) is 42.7 Å². The molecule has 0 heterocycles. The maximum Gasteiger partial charge on any atom is 0.472 e. The van der Waals surface area contributed by atoms with E-state index in [2.05, 4.69) is 74.6 Å². The number of aliphatic hydroxyl groups excluding tert-OH is 5. The van der Waals surface area contributed by atoms with Gasteiger partial charge in [-0.3, -0.25) is 13.8 Å². The summed E-state index contributed by atoms with van der Waals surface area (Å²) in [6, 6.07) is 0. The first-order chi connectivity index (χ1) is 31.5. The standard InChI is InChI=1S/C52H93O12P/c1-3-5-7-9-11-13-15-17-19-21-22-23-24-25-27-29-31-33-35-37-39-41-46(53)63-45(44-62-65(59,60)64-52-50(57)48(55)47(54)49(56)51(52)58)43-61-42-40-38-36-34-32-30-28-26-20-18-16-14-12-10-8-6-4-2/h5,7,11,13,17,19,22-23,25,27,45,47-52,54-58H,3-4,6,8-10,12,14-16,18,20-21,24,26,28-44H2,1-2H3,(H,59,60)/b7-5-,13-11-,19-17-,23-22-,27-25-. The summed E-state index contributed by atoms with van der Waals surface area (Å²) < 4.78 is 34.3. The number of esters is 1. The molecule has 6 unspecified atom stereocenters. The quantitative estimate of drug-likeness (QED) is 0.0147. The first-order valence-corrected chi connectivity index (χ1v) is 27.1. The molecule has 0 aromatic rings. The van der Waals surface area contributed by atoms with Crippen LogP contribution in [0, 0.1) is 0 Å². The van der Waals surface area contributed by atoms with E-state index in [9.17, 15) is 39.8 Å². The summed E-state index contributed by atoms with van der Waals surface area (Å²) >= 11 is 0. The molecule has 0 aromatic heterocycles. The number of phosphoric acid groups is 1. The minimum Gasteiger partial charge on any atom is -0.457 e. The van der Waals surface area contributed by atoms with Gasteiger partial charge < -0.3 is 39.9 Å². The summed E-state index contributed by atoms with van der Waals surface area (Å²) in [4.78, 5) is 23.2. The van der Waals surface area contributed by atoms with E-state index in [0.717, 1.165) is 83.5 Å². The van der Waals surface area contributed by atoms with Crippen LogP contribution < -0.4 is 0 Å². The fraction of sp³-hybridized carbons (Fsp3) is 0.788. The minimum absolute atomic E-state index is 0.0846. The topological polar surface area (TPSA) is 192 Å². The number of aliphatic hydroxyl groups is 5. The van der Waals surface area contributed by atoms with E-state index in [-0.39, 0.29) is 13.0 Å². The van der Waals surface area contributed by atoms with Gasteiger partial charge in [0.25, 0.3) is 0 Å². The smallest absolute Gasteiger partial charge is 0.457 e. The van der Waals surface area contributed by atoms with Crippen LogP contribution in [0.1, 0.15) is 200 Å². The molecule has 0 radical (unpaired) electrons. The van der Waals surface area contributed by atoms with Gasteiger partial charge in [-0.2, -0.15) is 0 Å². The van der Waals surface area contributed by atoms with Crippen LogP contribution in [0.2, 0.25) is 0 Å². The van der Waals surface area contributed by atoms with Crippen molar-refractivity contribution in [2.45, 2.75) is 243 Å². The van der Waals surface area contributed by atoms with Crippen molar-refractivity contribution in [2.24, 2.45) is 0 Å². The Balaban J connectivity index is 2.37. The molecule has 0 amide bonds. The number of carbonyl (C=O) groups excluding carboxylic acids is 1.